The predicted octanol–water partition coefficient (Wildman–Crippen LogP) is 1.15. The van der Waals surface area contributed by atoms with Gasteiger partial charge < -0.3 is 5.73 Å². The number of nitrogen functional groups attached to an aromatic ring is 1. The highest BCUT2D eigenvalue weighted by Gasteiger charge is 2.30. The first-order chi connectivity index (χ1) is 13.3. The average Bonchev–Trinajstić information content (AvgIpc) is 2.62. The summed E-state index contributed by atoms with van der Waals surface area (Å²) in [6.45, 7) is -2.09. The van der Waals surface area contributed by atoms with Gasteiger partial charge in [-0.15, -0.1) is 0 Å². The molecule has 0 radical (unpaired) electrons. The number of carbonyl (C=O) groups excluding carboxylic acids is 2. The Balaban J connectivity index is 2.54. The van der Waals surface area contributed by atoms with Gasteiger partial charge in [0.25, 0.3) is 5.56 Å². The van der Waals surface area contributed by atoms with Gasteiger partial charge in [-0.25, -0.2) is 4.98 Å². The van der Waals surface area contributed by atoms with Crippen LogP contribution in [-0.2, 0) is 9.59 Å². The summed E-state index contributed by atoms with van der Waals surface area (Å²) in [5.74, 6) is -3.23. The molecule has 108 valence electrons. The largest absolute Gasteiger partial charge is 0.398 e. The van der Waals surface area contributed by atoms with Crippen molar-refractivity contribution in [1.29, 1.82) is 0 Å². The van der Waals surface area contributed by atoms with E-state index in [0.717, 1.165) is 6.07 Å². The number of hydrogen-bond donors (Lipinski definition) is 1. The van der Waals surface area contributed by atoms with Crippen LogP contribution in [0.25, 0.3) is 10.9 Å². The Morgan fingerprint density at radius 1 is 1.57 bits per heavy atom. The van der Waals surface area contributed by atoms with Crippen molar-refractivity contribution in [1.82, 2.24) is 9.55 Å². The van der Waals surface area contributed by atoms with E-state index >= 15 is 0 Å². The van der Waals surface area contributed by atoms with Crippen LogP contribution in [0.1, 0.15) is 42.0 Å². The van der Waals surface area contributed by atoms with E-state index in [1.807, 2.05) is 0 Å². The zero-order valence-corrected chi connectivity index (χ0v) is 10.6. The lowest BCUT2D eigenvalue weighted by molar-refractivity contribution is -0.132. The molecule has 6 heteroatoms. The molecule has 6 nitrogen and oxygen atoms in total. The summed E-state index contributed by atoms with van der Waals surface area (Å²) >= 11 is 0. The Labute approximate surface area is 131 Å². The van der Waals surface area contributed by atoms with E-state index in [-0.39, 0.29) is 10.3 Å². The predicted molar refractivity (Wildman–Crippen MR) is 78.1 cm³/mol. The SMILES string of the molecule is [2H]c1cc(N)c2c(=O)n(C3([2H])C(=O)CC(=O)C([2H])C3([2H])[2H])c(C([2H])[2H])nc2c1[2H]. The second-order valence-corrected chi connectivity index (χ2v) is 4.41. The molecule has 1 aliphatic carbocycles. The van der Waals surface area contributed by atoms with E-state index in [1.165, 1.54) is 0 Å². The van der Waals surface area contributed by atoms with Gasteiger partial charge in [-0.05, 0) is 25.4 Å². The fourth-order valence-electron chi connectivity index (χ4n) is 2.07. The summed E-state index contributed by atoms with van der Waals surface area (Å²) in [5, 5.41) is -0.482. The van der Waals surface area contributed by atoms with Gasteiger partial charge in [-0.3, -0.25) is 19.0 Å². The second kappa shape index (κ2) is 4.80. The molecule has 0 aliphatic heterocycles. The van der Waals surface area contributed by atoms with E-state index in [2.05, 4.69) is 4.98 Å². The zero-order chi connectivity index (χ0) is 22.0. The molecule has 2 aromatic rings. The molecule has 1 heterocycles. The number of anilines is 1. The molecule has 2 unspecified atom stereocenters. The molecule has 1 aromatic carbocycles. The minimum atomic E-state index is -3.18. The van der Waals surface area contributed by atoms with Crippen LogP contribution in [0.15, 0.2) is 22.9 Å². The van der Waals surface area contributed by atoms with Gasteiger partial charge >= 0.3 is 0 Å². The lowest BCUT2D eigenvalue weighted by Crippen LogP contribution is -2.36. The number of carbonyl (C=O) groups is 2. The number of aromatic nitrogens is 2. The van der Waals surface area contributed by atoms with Crippen molar-refractivity contribution >= 4 is 28.2 Å². The number of aryl methyl sites for hydroxylation is 1. The maximum Gasteiger partial charge on any atom is 0.264 e. The van der Waals surface area contributed by atoms with Crippen LogP contribution in [0.4, 0.5) is 5.69 Å². The number of fused-ring (bicyclic) bond motifs is 1. The lowest BCUT2D eigenvalue weighted by atomic mass is 9.92. The summed E-state index contributed by atoms with van der Waals surface area (Å²) in [6.07, 6.45) is -6.33. The Morgan fingerprint density at radius 2 is 2.38 bits per heavy atom. The van der Waals surface area contributed by atoms with E-state index < -0.39 is 78.0 Å². The summed E-state index contributed by atoms with van der Waals surface area (Å²) in [4.78, 5) is 41.5. The van der Waals surface area contributed by atoms with Crippen LogP contribution in [0.5, 0.6) is 0 Å². The van der Waals surface area contributed by atoms with Crippen LogP contribution < -0.4 is 11.3 Å². The van der Waals surface area contributed by atoms with Crippen LogP contribution >= 0.6 is 0 Å². The van der Waals surface area contributed by atoms with Crippen molar-refractivity contribution in [3.05, 3.63) is 34.3 Å². The van der Waals surface area contributed by atoms with Gasteiger partial charge in [0, 0.05) is 18.9 Å². The van der Waals surface area contributed by atoms with Crippen molar-refractivity contribution in [3.8, 4) is 0 Å². The fraction of sp³-hybridized carbons (Fsp3) is 0.333. The van der Waals surface area contributed by atoms with Gasteiger partial charge in [-0.1, -0.05) is 6.04 Å². The number of benzene rings is 1. The molecule has 1 fully saturated rings. The smallest absolute Gasteiger partial charge is 0.264 e. The molecule has 2 N–H and O–H groups in total. The second-order valence-electron chi connectivity index (χ2n) is 4.41. The van der Waals surface area contributed by atoms with Gasteiger partial charge in [0.15, 0.2) is 5.78 Å². The van der Waals surface area contributed by atoms with Crippen LogP contribution in [0, 0.1) is 6.88 Å². The molecule has 2 atom stereocenters. The Kier molecular flexibility index (Phi) is 1.59. The first kappa shape index (κ1) is 6.98. The van der Waals surface area contributed by atoms with E-state index in [4.69, 9.17) is 16.7 Å². The number of hydrogen-bond acceptors (Lipinski definition) is 5. The summed E-state index contributed by atoms with van der Waals surface area (Å²) in [5.41, 5.74) is 3.74. The molecule has 1 aliphatic rings. The number of nitrogens with two attached hydrogens (primary N) is 1. The van der Waals surface area contributed by atoms with Crippen LogP contribution in [0.3, 0.4) is 0 Å². The molecular weight excluding hydrogens is 270 g/mol. The Bertz CT molecular complexity index is 1130. The summed E-state index contributed by atoms with van der Waals surface area (Å²) in [6, 6.07) is -3.11. The minimum absolute atomic E-state index is 0.190. The summed E-state index contributed by atoms with van der Waals surface area (Å²) in [7, 11) is 0. The zero-order valence-electron chi connectivity index (χ0n) is 18.6. The third kappa shape index (κ3) is 2.12. The molecule has 21 heavy (non-hydrogen) atoms. The van der Waals surface area contributed by atoms with Crippen LogP contribution in [-0.4, -0.2) is 21.1 Å². The number of rotatable bonds is 1. The standard InChI is InChI=1S/C15H15N3O3/c1-8-17-11-4-2-3-10(16)14(11)15(21)18(8)12-6-5-9(19)7-13(12)20/h2-4,12H,5-7,16H2,1H3/i1D2,2D,4D,5D,6D2,12D. The Hall–Kier alpha value is -2.50. The summed E-state index contributed by atoms with van der Waals surface area (Å²) < 4.78 is 63.7. The van der Waals surface area contributed by atoms with Gasteiger partial charge in [-0.2, -0.15) is 0 Å². The normalized spacial score (nSPS) is 34.2. The molecule has 0 spiro atoms. The molecular formula is C15H15N3O3. The molecule has 0 amide bonds. The number of nitrogens with zero attached hydrogens (tertiary/aromatic N) is 2. The van der Waals surface area contributed by atoms with Crippen molar-refractivity contribution in [2.45, 2.75) is 32.1 Å². The third-order valence-corrected chi connectivity index (χ3v) is 3.01. The number of ketones is 2. The fourth-order valence-corrected chi connectivity index (χ4v) is 2.07. The third-order valence-electron chi connectivity index (χ3n) is 3.01. The lowest BCUT2D eigenvalue weighted by Gasteiger charge is -2.24. The molecule has 1 saturated carbocycles. The highest BCUT2D eigenvalue weighted by molar-refractivity contribution is 6.03. The number of Topliss-reactive ketones (excluding diaryl/α,β-unsaturated/α-hetero) is 2. The van der Waals surface area contributed by atoms with Crippen molar-refractivity contribution in [2.75, 3.05) is 5.73 Å². The van der Waals surface area contributed by atoms with Crippen molar-refractivity contribution in [3.63, 3.8) is 0 Å². The van der Waals surface area contributed by atoms with E-state index in [1.54, 1.807) is 0 Å². The van der Waals surface area contributed by atoms with E-state index in [0.29, 0.717) is 0 Å². The maximum absolute atomic E-state index is 13.2. The van der Waals surface area contributed by atoms with Crippen molar-refractivity contribution in [2.24, 2.45) is 0 Å². The van der Waals surface area contributed by atoms with Gasteiger partial charge in [0.2, 0.25) is 0 Å². The highest BCUT2D eigenvalue weighted by Crippen LogP contribution is 2.24. The highest BCUT2D eigenvalue weighted by atomic mass is 16.2. The van der Waals surface area contributed by atoms with Gasteiger partial charge in [0.05, 0.1) is 27.5 Å². The minimum Gasteiger partial charge on any atom is -0.398 e. The van der Waals surface area contributed by atoms with Gasteiger partial charge in [0.1, 0.15) is 11.6 Å². The topological polar surface area (TPSA) is 95.0 Å². The Morgan fingerprint density at radius 3 is 3.14 bits per heavy atom. The average molecular weight is 293 g/mol. The molecule has 1 aromatic heterocycles. The molecule has 0 bridgehead atoms. The molecule has 3 rings (SSSR count). The maximum atomic E-state index is 13.2. The first-order valence-electron chi connectivity index (χ1n) is 10.2. The van der Waals surface area contributed by atoms with Crippen LogP contribution in [0.2, 0.25) is 0 Å². The monoisotopic (exact) mass is 293 g/mol. The van der Waals surface area contributed by atoms with E-state index in [9.17, 15) is 14.4 Å². The quantitative estimate of drug-likeness (QED) is 0.628. The van der Waals surface area contributed by atoms with Crippen molar-refractivity contribution < 1.29 is 20.6 Å². The molecule has 0 saturated heterocycles. The first-order valence-corrected chi connectivity index (χ1v) is 5.92.